The van der Waals surface area contributed by atoms with E-state index < -0.39 is 0 Å². The van der Waals surface area contributed by atoms with Gasteiger partial charge >= 0.3 is 0 Å². The molecule has 0 amide bonds. The molecular formula is C13H19F2N. The van der Waals surface area contributed by atoms with Crippen LogP contribution in [0.3, 0.4) is 0 Å². The van der Waals surface area contributed by atoms with Crippen molar-refractivity contribution in [2.75, 3.05) is 0 Å². The number of rotatable bonds is 3. The van der Waals surface area contributed by atoms with Gasteiger partial charge in [0, 0.05) is 6.04 Å². The van der Waals surface area contributed by atoms with E-state index in [2.05, 4.69) is 0 Å². The Morgan fingerprint density at radius 1 is 1.06 bits per heavy atom. The molecule has 0 aliphatic carbocycles. The van der Waals surface area contributed by atoms with E-state index in [1.807, 2.05) is 20.8 Å². The zero-order chi connectivity index (χ0) is 12.5. The van der Waals surface area contributed by atoms with Gasteiger partial charge in [-0.1, -0.05) is 20.8 Å². The Kier molecular flexibility index (Phi) is 4.03. The van der Waals surface area contributed by atoms with Crippen LogP contribution in [0.5, 0.6) is 0 Å². The summed E-state index contributed by atoms with van der Waals surface area (Å²) >= 11 is 0. The van der Waals surface area contributed by atoms with Gasteiger partial charge in [-0.15, -0.1) is 0 Å². The molecule has 3 heteroatoms. The van der Waals surface area contributed by atoms with Crippen molar-refractivity contribution in [3.63, 3.8) is 0 Å². The Bertz CT molecular complexity index is 374. The number of hydrogen-bond acceptors (Lipinski definition) is 1. The number of nitrogens with two attached hydrogens (primary N) is 1. The molecule has 0 saturated carbocycles. The first-order chi connectivity index (χ1) is 7.34. The van der Waals surface area contributed by atoms with Crippen LogP contribution in [0.4, 0.5) is 8.78 Å². The third-order valence-corrected chi connectivity index (χ3v) is 3.12. The number of halogens is 2. The summed E-state index contributed by atoms with van der Waals surface area (Å²) in [4.78, 5) is 0. The molecule has 1 aromatic carbocycles. The third kappa shape index (κ3) is 2.59. The Morgan fingerprint density at radius 2 is 1.62 bits per heavy atom. The first-order valence-electron chi connectivity index (χ1n) is 5.55. The molecule has 1 nitrogen and oxygen atoms in total. The molecule has 0 saturated heterocycles. The lowest BCUT2D eigenvalue weighted by molar-refractivity contribution is 0.421. The molecule has 0 bridgehead atoms. The summed E-state index contributed by atoms with van der Waals surface area (Å²) in [6.45, 7) is 7.33. The average Bonchev–Trinajstić information content (AvgIpc) is 2.21. The van der Waals surface area contributed by atoms with Crippen LogP contribution in [0.2, 0.25) is 0 Å². The van der Waals surface area contributed by atoms with Gasteiger partial charge in [-0.2, -0.15) is 0 Å². The Morgan fingerprint density at radius 3 is 2.12 bits per heavy atom. The van der Waals surface area contributed by atoms with Crippen LogP contribution in [0.15, 0.2) is 12.1 Å². The third-order valence-electron chi connectivity index (χ3n) is 3.12. The second-order valence-electron chi connectivity index (χ2n) is 4.73. The van der Waals surface area contributed by atoms with Gasteiger partial charge < -0.3 is 5.73 Å². The Balaban J connectivity index is 3.08. The molecule has 90 valence electrons. The summed E-state index contributed by atoms with van der Waals surface area (Å²) in [5, 5.41) is 0. The van der Waals surface area contributed by atoms with E-state index in [9.17, 15) is 8.78 Å². The predicted molar refractivity (Wildman–Crippen MR) is 62.3 cm³/mol. The van der Waals surface area contributed by atoms with Crippen LogP contribution in [0.1, 0.15) is 37.8 Å². The smallest absolute Gasteiger partial charge is 0.127 e. The quantitative estimate of drug-likeness (QED) is 0.841. The second-order valence-corrected chi connectivity index (χ2v) is 4.73. The Hall–Kier alpha value is -0.960. The molecule has 0 heterocycles. The van der Waals surface area contributed by atoms with Crippen LogP contribution < -0.4 is 5.73 Å². The standard InChI is InChI=1S/C13H19F2N/c1-7(2)13(16)9(4)10-6-11(14)8(3)5-12(10)15/h5-7,9,13H,16H2,1-4H3. The summed E-state index contributed by atoms with van der Waals surface area (Å²) in [7, 11) is 0. The maximum absolute atomic E-state index is 13.7. The van der Waals surface area contributed by atoms with Crippen molar-refractivity contribution in [3.8, 4) is 0 Å². The van der Waals surface area contributed by atoms with Gasteiger partial charge in [0.25, 0.3) is 0 Å². The molecule has 0 aromatic heterocycles. The molecule has 0 aliphatic heterocycles. The van der Waals surface area contributed by atoms with Crippen LogP contribution in [-0.4, -0.2) is 6.04 Å². The van der Waals surface area contributed by atoms with E-state index >= 15 is 0 Å². The van der Waals surface area contributed by atoms with Crippen LogP contribution in [-0.2, 0) is 0 Å². The minimum absolute atomic E-state index is 0.170. The normalized spacial score (nSPS) is 15.2. The second kappa shape index (κ2) is 4.91. The summed E-state index contributed by atoms with van der Waals surface area (Å²) < 4.78 is 27.1. The van der Waals surface area contributed by atoms with Gasteiger partial charge in [0.05, 0.1) is 0 Å². The summed E-state index contributed by atoms with van der Waals surface area (Å²) in [6, 6.07) is 2.32. The maximum Gasteiger partial charge on any atom is 0.127 e. The zero-order valence-corrected chi connectivity index (χ0v) is 10.2. The van der Waals surface area contributed by atoms with Gasteiger partial charge in [0.1, 0.15) is 11.6 Å². The lowest BCUT2D eigenvalue weighted by Crippen LogP contribution is -2.32. The molecule has 0 spiro atoms. The molecule has 16 heavy (non-hydrogen) atoms. The number of hydrogen-bond donors (Lipinski definition) is 1. The van der Waals surface area contributed by atoms with Gasteiger partial charge in [-0.05, 0) is 42.0 Å². The highest BCUT2D eigenvalue weighted by molar-refractivity contribution is 5.28. The van der Waals surface area contributed by atoms with Crippen LogP contribution in [0.25, 0.3) is 0 Å². The van der Waals surface area contributed by atoms with Gasteiger partial charge in [-0.25, -0.2) is 8.78 Å². The molecule has 2 atom stereocenters. The molecule has 2 N–H and O–H groups in total. The van der Waals surface area contributed by atoms with Crippen LogP contribution in [0, 0.1) is 24.5 Å². The lowest BCUT2D eigenvalue weighted by atomic mass is 9.86. The van der Waals surface area contributed by atoms with E-state index in [0.29, 0.717) is 11.1 Å². The van der Waals surface area contributed by atoms with Crippen molar-refractivity contribution in [3.05, 3.63) is 34.9 Å². The van der Waals surface area contributed by atoms with E-state index in [1.54, 1.807) is 6.92 Å². The first-order valence-corrected chi connectivity index (χ1v) is 5.55. The average molecular weight is 227 g/mol. The van der Waals surface area contributed by atoms with E-state index in [4.69, 9.17) is 5.73 Å². The van der Waals surface area contributed by atoms with E-state index in [-0.39, 0.29) is 29.5 Å². The minimum Gasteiger partial charge on any atom is -0.327 e. The number of benzene rings is 1. The van der Waals surface area contributed by atoms with Crippen molar-refractivity contribution in [1.29, 1.82) is 0 Å². The highest BCUT2D eigenvalue weighted by Crippen LogP contribution is 2.26. The van der Waals surface area contributed by atoms with Crippen molar-refractivity contribution >= 4 is 0 Å². The van der Waals surface area contributed by atoms with E-state index in [0.717, 1.165) is 0 Å². The topological polar surface area (TPSA) is 26.0 Å². The minimum atomic E-state index is -0.376. The number of aryl methyl sites for hydroxylation is 1. The largest absolute Gasteiger partial charge is 0.327 e. The maximum atomic E-state index is 13.7. The molecule has 0 fully saturated rings. The molecule has 1 aromatic rings. The summed E-state index contributed by atoms with van der Waals surface area (Å²) in [5.41, 5.74) is 6.65. The summed E-state index contributed by atoms with van der Waals surface area (Å²) in [5.74, 6) is -0.699. The highest BCUT2D eigenvalue weighted by Gasteiger charge is 2.21. The molecular weight excluding hydrogens is 208 g/mol. The predicted octanol–water partition coefficient (Wildman–Crippen LogP) is 3.36. The summed E-state index contributed by atoms with van der Waals surface area (Å²) in [6.07, 6.45) is 0. The fraction of sp³-hybridized carbons (Fsp3) is 0.538. The highest BCUT2D eigenvalue weighted by atomic mass is 19.1. The van der Waals surface area contributed by atoms with E-state index in [1.165, 1.54) is 12.1 Å². The van der Waals surface area contributed by atoms with Gasteiger partial charge in [-0.3, -0.25) is 0 Å². The van der Waals surface area contributed by atoms with Crippen LogP contribution >= 0.6 is 0 Å². The fourth-order valence-corrected chi connectivity index (χ4v) is 1.80. The van der Waals surface area contributed by atoms with Crippen molar-refractivity contribution in [1.82, 2.24) is 0 Å². The van der Waals surface area contributed by atoms with Gasteiger partial charge in [0.15, 0.2) is 0 Å². The molecule has 0 radical (unpaired) electrons. The van der Waals surface area contributed by atoms with Gasteiger partial charge in [0.2, 0.25) is 0 Å². The monoisotopic (exact) mass is 227 g/mol. The van der Waals surface area contributed by atoms with Crippen molar-refractivity contribution in [2.24, 2.45) is 11.7 Å². The fourth-order valence-electron chi connectivity index (χ4n) is 1.80. The first kappa shape index (κ1) is 13.1. The lowest BCUT2D eigenvalue weighted by Gasteiger charge is -2.24. The van der Waals surface area contributed by atoms with Crippen molar-refractivity contribution in [2.45, 2.75) is 39.7 Å². The molecule has 2 unspecified atom stereocenters. The Labute approximate surface area is 95.7 Å². The van der Waals surface area contributed by atoms with Crippen molar-refractivity contribution < 1.29 is 8.78 Å². The molecule has 0 aliphatic rings. The SMILES string of the molecule is Cc1cc(F)c(C(C)C(N)C(C)C)cc1F. The zero-order valence-electron chi connectivity index (χ0n) is 10.2. The molecule has 1 rings (SSSR count).